The molecule has 23 heavy (non-hydrogen) atoms. The molecule has 0 radical (unpaired) electrons. The molecule has 0 unspecified atom stereocenters. The molecule has 0 aliphatic heterocycles. The van der Waals surface area contributed by atoms with Gasteiger partial charge in [-0.15, -0.1) is 0 Å². The van der Waals surface area contributed by atoms with Crippen molar-refractivity contribution < 1.29 is 4.79 Å². The maximum Gasteiger partial charge on any atom is 0.266 e. The second-order valence-electron chi connectivity index (χ2n) is 5.53. The first-order chi connectivity index (χ1) is 11.1. The van der Waals surface area contributed by atoms with Gasteiger partial charge in [-0.3, -0.25) is 14.2 Å². The lowest BCUT2D eigenvalue weighted by Gasteiger charge is -2.14. The summed E-state index contributed by atoms with van der Waals surface area (Å²) in [5.74, 6) is -0.227. The molecule has 0 N–H and O–H groups in total. The molecule has 1 aromatic heterocycles. The van der Waals surface area contributed by atoms with Gasteiger partial charge in [0.05, 0.1) is 11.3 Å². The highest BCUT2D eigenvalue weighted by Gasteiger charge is 2.14. The van der Waals surface area contributed by atoms with Gasteiger partial charge in [0, 0.05) is 5.69 Å². The van der Waals surface area contributed by atoms with Gasteiger partial charge in [-0.25, -0.2) is 0 Å². The molecule has 3 nitrogen and oxygen atoms in total. The zero-order valence-corrected chi connectivity index (χ0v) is 13.1. The number of Topliss-reactive ketones (excluding diaryl/α,β-unsaturated/α-hetero) is 1. The number of rotatable bonds is 3. The van der Waals surface area contributed by atoms with E-state index in [1.54, 1.807) is 10.6 Å². The Kier molecular flexibility index (Phi) is 3.94. The van der Waals surface area contributed by atoms with Crippen molar-refractivity contribution in [3.8, 4) is 16.9 Å². The number of aromatic nitrogens is 1. The van der Waals surface area contributed by atoms with Gasteiger partial charge in [-0.1, -0.05) is 48.0 Å². The highest BCUT2D eigenvalue weighted by molar-refractivity contribution is 5.94. The summed E-state index contributed by atoms with van der Waals surface area (Å²) in [5, 5.41) is 0. The molecular formula is C20H17NO2. The van der Waals surface area contributed by atoms with Gasteiger partial charge in [0.1, 0.15) is 0 Å². The van der Waals surface area contributed by atoms with E-state index in [0.29, 0.717) is 0 Å². The maximum atomic E-state index is 12.8. The van der Waals surface area contributed by atoms with E-state index in [1.807, 2.05) is 67.6 Å². The van der Waals surface area contributed by atoms with Crippen molar-refractivity contribution in [3.63, 3.8) is 0 Å². The van der Waals surface area contributed by atoms with Crippen molar-refractivity contribution >= 4 is 5.78 Å². The van der Waals surface area contributed by atoms with Gasteiger partial charge < -0.3 is 0 Å². The zero-order valence-electron chi connectivity index (χ0n) is 13.1. The molecule has 2 aromatic carbocycles. The van der Waals surface area contributed by atoms with Crippen LogP contribution in [0.3, 0.4) is 0 Å². The molecule has 1 heterocycles. The summed E-state index contributed by atoms with van der Waals surface area (Å²) in [4.78, 5) is 24.5. The predicted molar refractivity (Wildman–Crippen MR) is 92.2 cm³/mol. The normalized spacial score (nSPS) is 10.5. The summed E-state index contributed by atoms with van der Waals surface area (Å²) in [5.41, 5.74) is 3.52. The van der Waals surface area contributed by atoms with Gasteiger partial charge in [0.2, 0.25) is 0 Å². The van der Waals surface area contributed by atoms with Gasteiger partial charge in [0.25, 0.3) is 5.56 Å². The fraction of sp³-hybridized carbons (Fsp3) is 0.100. The van der Waals surface area contributed by atoms with Crippen LogP contribution in [0.25, 0.3) is 16.9 Å². The molecule has 0 atom stereocenters. The van der Waals surface area contributed by atoms with Crippen molar-refractivity contribution in [2.24, 2.45) is 0 Å². The molecule has 0 saturated heterocycles. The lowest BCUT2D eigenvalue weighted by atomic mass is 10.1. The van der Waals surface area contributed by atoms with Crippen LogP contribution in [0.4, 0.5) is 0 Å². The fourth-order valence-electron chi connectivity index (χ4n) is 2.59. The highest BCUT2D eigenvalue weighted by atomic mass is 16.1. The minimum absolute atomic E-state index is 0.199. The first-order valence-corrected chi connectivity index (χ1v) is 7.47. The number of aryl methyl sites for hydroxylation is 1. The number of pyridine rings is 1. The van der Waals surface area contributed by atoms with Crippen LogP contribution in [0.2, 0.25) is 0 Å². The van der Waals surface area contributed by atoms with E-state index in [9.17, 15) is 9.59 Å². The van der Waals surface area contributed by atoms with Crippen LogP contribution in [0.5, 0.6) is 0 Å². The highest BCUT2D eigenvalue weighted by Crippen LogP contribution is 2.22. The molecule has 3 aromatic rings. The molecule has 0 aliphatic carbocycles. The minimum atomic E-state index is -0.290. The Hall–Kier alpha value is -2.94. The van der Waals surface area contributed by atoms with Crippen molar-refractivity contribution in [3.05, 3.63) is 88.2 Å². The van der Waals surface area contributed by atoms with E-state index >= 15 is 0 Å². The summed E-state index contributed by atoms with van der Waals surface area (Å²) in [6, 6.07) is 20.8. The standard InChI is InChI=1S/C20H17NO2/c1-14-8-10-16(11-9-14)19-13-12-18(15(2)22)20(23)21(19)17-6-4-3-5-7-17/h3-13H,1-2H3. The zero-order chi connectivity index (χ0) is 16.4. The number of carbonyl (C=O) groups excluding carboxylic acids is 1. The SMILES string of the molecule is CC(=O)c1ccc(-c2ccc(C)cc2)n(-c2ccccc2)c1=O. The number of carbonyl (C=O) groups is 1. The van der Waals surface area contributed by atoms with Crippen LogP contribution < -0.4 is 5.56 Å². The minimum Gasteiger partial charge on any atom is -0.294 e. The molecule has 0 bridgehead atoms. The Bertz CT molecular complexity index is 907. The molecule has 0 saturated carbocycles. The van der Waals surface area contributed by atoms with E-state index in [2.05, 4.69) is 0 Å². The number of hydrogen-bond acceptors (Lipinski definition) is 2. The summed E-state index contributed by atoms with van der Waals surface area (Å²) < 4.78 is 1.60. The van der Waals surface area contributed by atoms with Crippen molar-refractivity contribution in [2.45, 2.75) is 13.8 Å². The average Bonchev–Trinajstić information content (AvgIpc) is 2.55. The van der Waals surface area contributed by atoms with Gasteiger partial charge in [-0.05, 0) is 43.7 Å². The number of para-hydroxylation sites is 1. The third kappa shape index (κ3) is 2.86. The Morgan fingerprint density at radius 2 is 1.52 bits per heavy atom. The molecule has 0 amide bonds. The van der Waals surface area contributed by atoms with Crippen molar-refractivity contribution in [2.75, 3.05) is 0 Å². The van der Waals surface area contributed by atoms with Crippen LogP contribution in [-0.2, 0) is 0 Å². The van der Waals surface area contributed by atoms with E-state index < -0.39 is 0 Å². The Balaban J connectivity index is 2.32. The summed E-state index contributed by atoms with van der Waals surface area (Å²) in [6.07, 6.45) is 0. The second-order valence-corrected chi connectivity index (χ2v) is 5.53. The Morgan fingerprint density at radius 3 is 2.13 bits per heavy atom. The number of ketones is 1. The van der Waals surface area contributed by atoms with Crippen LogP contribution in [0.1, 0.15) is 22.8 Å². The van der Waals surface area contributed by atoms with Crippen LogP contribution in [-0.4, -0.2) is 10.4 Å². The second kappa shape index (κ2) is 6.05. The van der Waals surface area contributed by atoms with Crippen LogP contribution in [0, 0.1) is 6.92 Å². The third-order valence-electron chi connectivity index (χ3n) is 3.82. The molecule has 114 valence electrons. The smallest absolute Gasteiger partial charge is 0.266 e. The van der Waals surface area contributed by atoms with E-state index in [0.717, 1.165) is 22.5 Å². The fourth-order valence-corrected chi connectivity index (χ4v) is 2.59. The molecule has 3 rings (SSSR count). The largest absolute Gasteiger partial charge is 0.294 e. The van der Waals surface area contributed by atoms with Gasteiger partial charge >= 0.3 is 0 Å². The number of benzene rings is 2. The molecule has 0 aliphatic rings. The first-order valence-electron chi connectivity index (χ1n) is 7.47. The van der Waals surface area contributed by atoms with E-state index in [1.165, 1.54) is 6.92 Å². The quantitative estimate of drug-likeness (QED) is 0.686. The topological polar surface area (TPSA) is 39.1 Å². The number of hydrogen-bond donors (Lipinski definition) is 0. The summed E-state index contributed by atoms with van der Waals surface area (Å²) in [6.45, 7) is 3.44. The number of nitrogens with zero attached hydrogens (tertiary/aromatic N) is 1. The van der Waals surface area contributed by atoms with Gasteiger partial charge in [0.15, 0.2) is 5.78 Å². The molecule has 0 fully saturated rings. The van der Waals surface area contributed by atoms with E-state index in [-0.39, 0.29) is 16.9 Å². The average molecular weight is 303 g/mol. The van der Waals surface area contributed by atoms with Crippen LogP contribution in [0.15, 0.2) is 71.5 Å². The van der Waals surface area contributed by atoms with E-state index in [4.69, 9.17) is 0 Å². The third-order valence-corrected chi connectivity index (χ3v) is 3.82. The van der Waals surface area contributed by atoms with Gasteiger partial charge in [-0.2, -0.15) is 0 Å². The lowest BCUT2D eigenvalue weighted by molar-refractivity contribution is 0.101. The summed E-state index contributed by atoms with van der Waals surface area (Å²) in [7, 11) is 0. The molecule has 3 heteroatoms. The maximum absolute atomic E-state index is 12.8. The predicted octanol–water partition coefficient (Wildman–Crippen LogP) is 4.02. The van der Waals surface area contributed by atoms with Crippen LogP contribution >= 0.6 is 0 Å². The monoisotopic (exact) mass is 303 g/mol. The molecule has 0 spiro atoms. The summed E-state index contributed by atoms with van der Waals surface area (Å²) >= 11 is 0. The van der Waals surface area contributed by atoms with Crippen molar-refractivity contribution in [1.82, 2.24) is 4.57 Å². The first kappa shape index (κ1) is 15.0. The Morgan fingerprint density at radius 1 is 0.870 bits per heavy atom. The van der Waals surface area contributed by atoms with Crippen molar-refractivity contribution in [1.29, 1.82) is 0 Å². The Labute approximate surface area is 134 Å². The lowest BCUT2D eigenvalue weighted by Crippen LogP contribution is -2.25. The molecular weight excluding hydrogens is 286 g/mol.